The first-order chi connectivity index (χ1) is 9.65. The number of nitrogens with zero attached hydrogens (tertiary/aromatic N) is 3. The van der Waals surface area contributed by atoms with E-state index in [4.69, 9.17) is 5.11 Å². The number of aromatic nitrogens is 2. The van der Waals surface area contributed by atoms with Gasteiger partial charge in [-0.15, -0.1) is 10.2 Å². The molecule has 1 fully saturated rings. The number of carbonyl (C=O) groups is 1. The summed E-state index contributed by atoms with van der Waals surface area (Å²) in [5, 5.41) is 20.7. The fraction of sp³-hybridized carbons (Fsp3) is 0.750. The van der Waals surface area contributed by atoms with Crippen molar-refractivity contribution >= 4 is 34.2 Å². The summed E-state index contributed by atoms with van der Waals surface area (Å²) in [5.41, 5.74) is 0. The van der Waals surface area contributed by atoms with Crippen LogP contribution in [0.3, 0.4) is 0 Å². The van der Waals surface area contributed by atoms with Crippen molar-refractivity contribution in [2.75, 3.05) is 30.7 Å². The molecule has 0 aromatic carbocycles. The highest BCUT2D eigenvalue weighted by molar-refractivity contribution is 8.01. The van der Waals surface area contributed by atoms with Gasteiger partial charge in [0.1, 0.15) is 0 Å². The van der Waals surface area contributed by atoms with Crippen LogP contribution in [0.25, 0.3) is 0 Å². The highest BCUT2D eigenvalue weighted by Gasteiger charge is 2.16. The lowest BCUT2D eigenvalue weighted by Gasteiger charge is -2.32. The summed E-state index contributed by atoms with van der Waals surface area (Å²) in [6.45, 7) is 5.43. The van der Waals surface area contributed by atoms with Crippen molar-refractivity contribution in [2.24, 2.45) is 0 Å². The Labute approximate surface area is 127 Å². The number of rotatable bonds is 7. The molecule has 1 atom stereocenters. The monoisotopic (exact) mass is 316 g/mol. The topological polar surface area (TPSA) is 78.3 Å². The molecule has 1 unspecified atom stereocenters. The Morgan fingerprint density at radius 3 is 2.90 bits per heavy atom. The number of anilines is 1. The quantitative estimate of drug-likeness (QED) is 0.745. The number of thioether (sulfide) groups is 1. The van der Waals surface area contributed by atoms with Crippen LogP contribution >= 0.6 is 23.1 Å². The second-order valence-corrected chi connectivity index (χ2v) is 7.08. The van der Waals surface area contributed by atoms with Crippen LogP contribution in [0, 0.1) is 0 Å². The maximum atomic E-state index is 10.5. The fourth-order valence-corrected chi connectivity index (χ4v) is 3.67. The lowest BCUT2D eigenvalue weighted by Crippen LogP contribution is -2.41. The van der Waals surface area contributed by atoms with Crippen LogP contribution < -0.4 is 5.32 Å². The molecule has 0 bridgehead atoms. The summed E-state index contributed by atoms with van der Waals surface area (Å²) < 4.78 is 0.695. The molecule has 0 radical (unpaired) electrons. The summed E-state index contributed by atoms with van der Waals surface area (Å²) in [6.07, 6.45) is 3.93. The Morgan fingerprint density at radius 1 is 1.45 bits per heavy atom. The largest absolute Gasteiger partial charge is 0.481 e. The average molecular weight is 316 g/mol. The summed E-state index contributed by atoms with van der Waals surface area (Å²) in [7, 11) is 0. The van der Waals surface area contributed by atoms with Crippen LogP contribution in [0.1, 0.15) is 26.2 Å². The molecule has 0 amide bonds. The third kappa shape index (κ3) is 4.92. The van der Waals surface area contributed by atoms with E-state index in [9.17, 15) is 4.79 Å². The molecule has 2 heterocycles. The van der Waals surface area contributed by atoms with Crippen molar-refractivity contribution in [3.63, 3.8) is 0 Å². The van der Waals surface area contributed by atoms with Crippen molar-refractivity contribution in [3.8, 4) is 0 Å². The van der Waals surface area contributed by atoms with Gasteiger partial charge in [0.05, 0.1) is 5.75 Å². The van der Waals surface area contributed by atoms with Crippen LogP contribution in [-0.2, 0) is 4.79 Å². The smallest absolute Gasteiger partial charge is 0.313 e. The van der Waals surface area contributed by atoms with Gasteiger partial charge < -0.3 is 10.4 Å². The molecule has 2 N–H and O–H groups in total. The number of carboxylic acid groups (broad SMARTS) is 1. The van der Waals surface area contributed by atoms with Crippen molar-refractivity contribution in [1.82, 2.24) is 15.1 Å². The number of piperidine rings is 1. The van der Waals surface area contributed by atoms with E-state index in [2.05, 4.69) is 27.3 Å². The fourth-order valence-electron chi connectivity index (χ4n) is 2.19. The third-order valence-corrected chi connectivity index (χ3v) is 5.29. The first kappa shape index (κ1) is 15.5. The van der Waals surface area contributed by atoms with Gasteiger partial charge in [0, 0.05) is 12.6 Å². The molecular weight excluding hydrogens is 296 g/mol. The average Bonchev–Trinajstić information content (AvgIpc) is 2.91. The molecule has 2 rings (SSSR count). The molecule has 0 aliphatic carbocycles. The van der Waals surface area contributed by atoms with Crippen LogP contribution in [-0.4, -0.2) is 57.6 Å². The van der Waals surface area contributed by atoms with Gasteiger partial charge in [-0.3, -0.25) is 9.69 Å². The predicted molar refractivity (Wildman–Crippen MR) is 81.6 cm³/mol. The zero-order valence-corrected chi connectivity index (χ0v) is 13.2. The Bertz CT molecular complexity index is 435. The van der Waals surface area contributed by atoms with Crippen LogP contribution in [0.4, 0.5) is 5.13 Å². The normalized spacial score (nSPS) is 17.9. The van der Waals surface area contributed by atoms with E-state index in [0.717, 1.165) is 11.7 Å². The number of carboxylic acids is 1. The predicted octanol–water partition coefficient (Wildman–Crippen LogP) is 2.00. The van der Waals surface area contributed by atoms with Gasteiger partial charge in [0.15, 0.2) is 4.34 Å². The van der Waals surface area contributed by atoms with E-state index in [1.807, 2.05) is 0 Å². The SMILES string of the molecule is CC(CNc1nnc(SCC(=O)O)s1)N1CCCCC1. The number of likely N-dealkylation sites (tertiary alicyclic amines) is 1. The summed E-state index contributed by atoms with van der Waals surface area (Å²) in [5.74, 6) is -0.808. The molecule has 1 aliphatic rings. The standard InChI is InChI=1S/C12H20N4O2S2/c1-9(16-5-3-2-4-6-16)7-13-11-14-15-12(20-11)19-8-10(17)18/h9H,2-8H2,1H3,(H,13,14)(H,17,18). The Morgan fingerprint density at radius 2 is 2.20 bits per heavy atom. The maximum absolute atomic E-state index is 10.5. The molecule has 1 saturated heterocycles. The van der Waals surface area contributed by atoms with E-state index in [-0.39, 0.29) is 5.75 Å². The highest BCUT2D eigenvalue weighted by Crippen LogP contribution is 2.25. The summed E-state index contributed by atoms with van der Waals surface area (Å²) >= 11 is 2.62. The first-order valence-corrected chi connectivity index (χ1v) is 8.61. The zero-order valence-electron chi connectivity index (χ0n) is 11.5. The molecule has 1 aliphatic heterocycles. The van der Waals surface area contributed by atoms with Gasteiger partial charge >= 0.3 is 5.97 Å². The van der Waals surface area contributed by atoms with E-state index in [1.165, 1.54) is 55.5 Å². The summed E-state index contributed by atoms with van der Waals surface area (Å²) in [6, 6.07) is 0.481. The lowest BCUT2D eigenvalue weighted by molar-refractivity contribution is -0.133. The number of hydrogen-bond donors (Lipinski definition) is 2. The van der Waals surface area contributed by atoms with Crippen molar-refractivity contribution < 1.29 is 9.90 Å². The van der Waals surface area contributed by atoms with Crippen LogP contribution in [0.5, 0.6) is 0 Å². The van der Waals surface area contributed by atoms with Crippen LogP contribution in [0.15, 0.2) is 4.34 Å². The molecule has 112 valence electrons. The minimum absolute atomic E-state index is 0.0266. The second-order valence-electron chi connectivity index (χ2n) is 4.88. The molecule has 1 aromatic heterocycles. The number of nitrogens with one attached hydrogen (secondary N) is 1. The van der Waals surface area contributed by atoms with Gasteiger partial charge in [0.2, 0.25) is 5.13 Å². The zero-order chi connectivity index (χ0) is 14.4. The molecular formula is C12H20N4O2S2. The first-order valence-electron chi connectivity index (χ1n) is 6.81. The van der Waals surface area contributed by atoms with E-state index in [0.29, 0.717) is 10.4 Å². The van der Waals surface area contributed by atoms with Gasteiger partial charge in [-0.2, -0.15) is 0 Å². The molecule has 6 nitrogen and oxygen atoms in total. The second kappa shape index (κ2) is 7.80. The van der Waals surface area contributed by atoms with E-state index >= 15 is 0 Å². The Kier molecular flexibility index (Phi) is 6.06. The van der Waals surface area contributed by atoms with Gasteiger partial charge in [-0.25, -0.2) is 0 Å². The Balaban J connectivity index is 1.74. The molecule has 0 saturated carbocycles. The molecule has 1 aromatic rings. The minimum atomic E-state index is -0.835. The highest BCUT2D eigenvalue weighted by atomic mass is 32.2. The lowest BCUT2D eigenvalue weighted by atomic mass is 10.1. The summed E-state index contributed by atoms with van der Waals surface area (Å²) in [4.78, 5) is 13.0. The van der Waals surface area contributed by atoms with Crippen molar-refractivity contribution in [1.29, 1.82) is 0 Å². The van der Waals surface area contributed by atoms with Crippen LogP contribution in [0.2, 0.25) is 0 Å². The Hall–Kier alpha value is -0.860. The minimum Gasteiger partial charge on any atom is -0.481 e. The number of hydrogen-bond acceptors (Lipinski definition) is 7. The number of aliphatic carboxylic acids is 1. The van der Waals surface area contributed by atoms with Crippen molar-refractivity contribution in [2.45, 2.75) is 36.6 Å². The molecule has 0 spiro atoms. The molecule has 8 heteroatoms. The van der Waals surface area contributed by atoms with E-state index in [1.54, 1.807) is 0 Å². The van der Waals surface area contributed by atoms with Gasteiger partial charge in [-0.1, -0.05) is 29.5 Å². The molecule has 20 heavy (non-hydrogen) atoms. The van der Waals surface area contributed by atoms with E-state index < -0.39 is 5.97 Å². The third-order valence-electron chi connectivity index (χ3n) is 3.29. The maximum Gasteiger partial charge on any atom is 0.313 e. The van der Waals surface area contributed by atoms with Gasteiger partial charge in [-0.05, 0) is 32.9 Å². The van der Waals surface area contributed by atoms with Crippen molar-refractivity contribution in [3.05, 3.63) is 0 Å². The van der Waals surface area contributed by atoms with Gasteiger partial charge in [0.25, 0.3) is 0 Å².